The average Bonchev–Trinajstić information content (AvgIpc) is 3.07. The van der Waals surface area contributed by atoms with Gasteiger partial charge in [0.1, 0.15) is 6.54 Å². The van der Waals surface area contributed by atoms with Gasteiger partial charge in [0.15, 0.2) is 0 Å². The zero-order chi connectivity index (χ0) is 14.5. The van der Waals surface area contributed by atoms with Gasteiger partial charge >= 0.3 is 12.0 Å². The number of urea groups is 1. The normalized spacial score (nSPS) is 21.8. The average molecular weight is 284 g/mol. The van der Waals surface area contributed by atoms with Gasteiger partial charge in [-0.1, -0.05) is 0 Å². The highest BCUT2D eigenvalue weighted by molar-refractivity contribution is 5.80. The minimum absolute atomic E-state index is 0.103. The van der Waals surface area contributed by atoms with E-state index in [-0.39, 0.29) is 18.7 Å². The third-order valence-corrected chi connectivity index (χ3v) is 3.87. The molecule has 0 aromatic rings. The number of carbonyl (C=O) groups excluding carboxylic acids is 1. The number of carboxylic acids is 1. The lowest BCUT2D eigenvalue weighted by Crippen LogP contribution is -2.48. The van der Waals surface area contributed by atoms with E-state index in [9.17, 15) is 9.59 Å². The van der Waals surface area contributed by atoms with Crippen molar-refractivity contribution < 1.29 is 19.4 Å². The van der Waals surface area contributed by atoms with Gasteiger partial charge in [0, 0.05) is 26.2 Å². The first-order chi connectivity index (χ1) is 9.60. The summed E-state index contributed by atoms with van der Waals surface area (Å²) in [6, 6.07) is -0.169. The minimum atomic E-state index is -0.952. The number of amides is 2. The Morgan fingerprint density at radius 3 is 2.45 bits per heavy atom. The first kappa shape index (κ1) is 15.1. The summed E-state index contributed by atoms with van der Waals surface area (Å²) in [4.78, 5) is 26.6. The van der Waals surface area contributed by atoms with Crippen LogP contribution < -0.4 is 0 Å². The minimum Gasteiger partial charge on any atom is -0.480 e. The summed E-state index contributed by atoms with van der Waals surface area (Å²) >= 11 is 0. The Balaban J connectivity index is 1.92. The quantitative estimate of drug-likeness (QED) is 0.767. The monoisotopic (exact) mass is 284 g/mol. The fourth-order valence-corrected chi connectivity index (χ4v) is 2.56. The van der Waals surface area contributed by atoms with Crippen molar-refractivity contribution in [3.05, 3.63) is 0 Å². The van der Waals surface area contributed by atoms with Crippen LogP contribution in [0, 0.1) is 5.92 Å². The van der Waals surface area contributed by atoms with Crippen LogP contribution in [0.15, 0.2) is 0 Å². The second-order valence-corrected chi connectivity index (χ2v) is 5.67. The van der Waals surface area contributed by atoms with Crippen LogP contribution in [0.25, 0.3) is 0 Å². The number of aliphatic carboxylic acids is 1. The number of carboxylic acid groups (broad SMARTS) is 1. The van der Waals surface area contributed by atoms with Crippen LogP contribution in [0.4, 0.5) is 4.79 Å². The lowest BCUT2D eigenvalue weighted by Gasteiger charge is -2.30. The van der Waals surface area contributed by atoms with Crippen molar-refractivity contribution in [3.8, 4) is 0 Å². The molecule has 1 atom stereocenters. The fraction of sp³-hybridized carbons (Fsp3) is 0.857. The molecule has 1 aliphatic carbocycles. The molecular weight excluding hydrogens is 260 g/mol. The van der Waals surface area contributed by atoms with Crippen molar-refractivity contribution in [2.75, 3.05) is 32.8 Å². The van der Waals surface area contributed by atoms with Crippen LogP contribution in [0.3, 0.4) is 0 Å². The molecule has 1 unspecified atom stereocenters. The summed E-state index contributed by atoms with van der Waals surface area (Å²) < 4.78 is 5.56. The van der Waals surface area contributed by atoms with Crippen LogP contribution in [-0.2, 0) is 9.53 Å². The molecule has 0 radical (unpaired) electrons. The molecule has 2 fully saturated rings. The van der Waals surface area contributed by atoms with Crippen molar-refractivity contribution in [2.45, 2.75) is 38.7 Å². The Labute approximate surface area is 119 Å². The number of rotatable bonds is 7. The third kappa shape index (κ3) is 4.37. The Morgan fingerprint density at radius 2 is 1.95 bits per heavy atom. The van der Waals surface area contributed by atoms with Gasteiger partial charge < -0.3 is 19.6 Å². The SMILES string of the molecule is CCN(CC1CCCO1)C(=O)N(CC(=O)O)CC1CC1. The highest BCUT2D eigenvalue weighted by Gasteiger charge is 2.31. The van der Waals surface area contributed by atoms with Gasteiger partial charge in [-0.15, -0.1) is 0 Å². The van der Waals surface area contributed by atoms with Gasteiger partial charge in [-0.3, -0.25) is 4.79 Å². The van der Waals surface area contributed by atoms with Gasteiger partial charge in [0.05, 0.1) is 6.10 Å². The molecule has 1 saturated carbocycles. The van der Waals surface area contributed by atoms with E-state index in [4.69, 9.17) is 9.84 Å². The van der Waals surface area contributed by atoms with Crippen molar-refractivity contribution in [2.24, 2.45) is 5.92 Å². The zero-order valence-corrected chi connectivity index (χ0v) is 12.1. The topological polar surface area (TPSA) is 70.1 Å². The molecule has 0 bridgehead atoms. The Bertz CT molecular complexity index is 351. The summed E-state index contributed by atoms with van der Waals surface area (Å²) in [6.45, 7) is 4.18. The van der Waals surface area contributed by atoms with E-state index in [1.54, 1.807) is 4.90 Å². The van der Waals surface area contributed by atoms with Gasteiger partial charge in [-0.2, -0.15) is 0 Å². The maximum Gasteiger partial charge on any atom is 0.323 e. The predicted octanol–water partition coefficient (Wildman–Crippen LogP) is 1.40. The van der Waals surface area contributed by atoms with E-state index in [1.807, 2.05) is 6.92 Å². The van der Waals surface area contributed by atoms with Crippen LogP contribution >= 0.6 is 0 Å². The maximum atomic E-state index is 12.5. The van der Waals surface area contributed by atoms with E-state index < -0.39 is 5.97 Å². The number of nitrogens with zero attached hydrogens (tertiary/aromatic N) is 2. The van der Waals surface area contributed by atoms with Crippen molar-refractivity contribution >= 4 is 12.0 Å². The summed E-state index contributed by atoms with van der Waals surface area (Å²) in [6.07, 6.45) is 4.32. The Hall–Kier alpha value is -1.30. The first-order valence-electron chi connectivity index (χ1n) is 7.47. The molecule has 0 aromatic carbocycles. The second kappa shape index (κ2) is 6.92. The first-order valence-corrected chi connectivity index (χ1v) is 7.47. The van der Waals surface area contributed by atoms with Crippen molar-refractivity contribution in [1.29, 1.82) is 0 Å². The number of ether oxygens (including phenoxy) is 1. The summed E-state index contributed by atoms with van der Waals surface area (Å²) in [5, 5.41) is 8.97. The van der Waals surface area contributed by atoms with Crippen LogP contribution in [-0.4, -0.2) is 65.8 Å². The highest BCUT2D eigenvalue weighted by Crippen LogP contribution is 2.30. The smallest absolute Gasteiger partial charge is 0.323 e. The number of carbonyl (C=O) groups is 2. The van der Waals surface area contributed by atoms with E-state index in [1.165, 1.54) is 4.90 Å². The molecule has 114 valence electrons. The molecule has 1 aliphatic heterocycles. The van der Waals surface area contributed by atoms with E-state index in [2.05, 4.69) is 0 Å². The van der Waals surface area contributed by atoms with Crippen LogP contribution in [0.1, 0.15) is 32.6 Å². The summed E-state index contributed by atoms with van der Waals surface area (Å²) in [5.74, 6) is -0.466. The molecular formula is C14H24N2O4. The van der Waals surface area contributed by atoms with Gasteiger partial charge in [0.2, 0.25) is 0 Å². The molecule has 1 saturated heterocycles. The molecule has 2 amide bonds. The molecule has 6 heteroatoms. The molecule has 20 heavy (non-hydrogen) atoms. The maximum absolute atomic E-state index is 12.5. The van der Waals surface area contributed by atoms with Crippen LogP contribution in [0.5, 0.6) is 0 Å². The molecule has 1 heterocycles. The second-order valence-electron chi connectivity index (χ2n) is 5.67. The zero-order valence-electron chi connectivity index (χ0n) is 12.1. The third-order valence-electron chi connectivity index (χ3n) is 3.87. The molecule has 2 aliphatic rings. The summed E-state index contributed by atoms with van der Waals surface area (Å²) in [7, 11) is 0. The van der Waals surface area contributed by atoms with Gasteiger partial charge in [-0.25, -0.2) is 4.79 Å². The fourth-order valence-electron chi connectivity index (χ4n) is 2.56. The number of hydrogen-bond acceptors (Lipinski definition) is 3. The number of likely N-dealkylation sites (N-methyl/N-ethyl adjacent to an activating group) is 1. The molecule has 6 nitrogen and oxygen atoms in total. The Kier molecular flexibility index (Phi) is 5.23. The molecule has 2 rings (SSSR count). The van der Waals surface area contributed by atoms with Crippen molar-refractivity contribution in [3.63, 3.8) is 0 Å². The van der Waals surface area contributed by atoms with Gasteiger partial charge in [-0.05, 0) is 38.5 Å². The van der Waals surface area contributed by atoms with Crippen LogP contribution in [0.2, 0.25) is 0 Å². The Morgan fingerprint density at radius 1 is 1.20 bits per heavy atom. The van der Waals surface area contributed by atoms with E-state index in [0.717, 1.165) is 32.3 Å². The standard InChI is InChI=1S/C14H24N2O4/c1-2-15(9-12-4-3-7-20-12)14(19)16(10-13(17)18)8-11-5-6-11/h11-12H,2-10H2,1H3,(H,17,18). The lowest BCUT2D eigenvalue weighted by molar-refractivity contribution is -0.137. The van der Waals surface area contributed by atoms with E-state index >= 15 is 0 Å². The van der Waals surface area contributed by atoms with E-state index in [0.29, 0.717) is 25.6 Å². The van der Waals surface area contributed by atoms with Crippen molar-refractivity contribution in [1.82, 2.24) is 9.80 Å². The highest BCUT2D eigenvalue weighted by atomic mass is 16.5. The molecule has 1 N–H and O–H groups in total. The largest absolute Gasteiger partial charge is 0.480 e. The summed E-state index contributed by atoms with van der Waals surface area (Å²) in [5.41, 5.74) is 0. The predicted molar refractivity (Wildman–Crippen MR) is 73.5 cm³/mol. The van der Waals surface area contributed by atoms with Gasteiger partial charge in [0.25, 0.3) is 0 Å². The molecule has 0 aromatic heterocycles. The number of hydrogen-bond donors (Lipinski definition) is 1. The molecule has 0 spiro atoms. The lowest BCUT2D eigenvalue weighted by atomic mass is 10.2.